The monoisotopic (exact) mass is 239 g/mol. The topological polar surface area (TPSA) is 58.9 Å². The average Bonchev–Trinajstić information content (AvgIpc) is 2.77. The molecule has 0 amide bonds. The molecule has 2 aromatic heterocycles. The van der Waals surface area contributed by atoms with Crippen molar-refractivity contribution < 1.29 is 0 Å². The zero-order chi connectivity index (χ0) is 12.5. The van der Waals surface area contributed by atoms with Gasteiger partial charge in [0.2, 0.25) is 0 Å². The van der Waals surface area contributed by atoms with Crippen molar-refractivity contribution in [1.29, 1.82) is 0 Å². The van der Waals surface area contributed by atoms with E-state index in [9.17, 15) is 0 Å². The maximum atomic E-state index is 4.53. The van der Waals surface area contributed by atoms with Crippen LogP contribution in [0.25, 0.3) is 11.2 Å². The molecule has 1 N–H and O–H groups in total. The first kappa shape index (κ1) is 10.7. The molecule has 0 saturated carbocycles. The lowest BCUT2D eigenvalue weighted by Crippen LogP contribution is -2.12. The first-order chi connectivity index (χ1) is 8.74. The number of aryl methyl sites for hydroxylation is 2. The number of H-pyrrole nitrogens is 1. The predicted octanol–water partition coefficient (Wildman–Crippen LogP) is 1.84. The molecule has 0 aliphatic heterocycles. The number of aromatic amines is 1. The Bertz CT molecular complexity index is 752. The number of nitrogens with zero attached hydrogens (tertiary/aromatic N) is 4. The first-order valence-corrected chi connectivity index (χ1v) is 5.72. The van der Waals surface area contributed by atoms with Gasteiger partial charge in [-0.2, -0.15) is 0 Å². The van der Waals surface area contributed by atoms with Gasteiger partial charge in [-0.05, 0) is 19.1 Å². The van der Waals surface area contributed by atoms with Crippen molar-refractivity contribution in [3.05, 3.63) is 48.0 Å². The summed E-state index contributed by atoms with van der Waals surface area (Å²) in [5, 5.41) is 0. The lowest BCUT2D eigenvalue weighted by Gasteiger charge is -1.98. The quantitative estimate of drug-likeness (QED) is 0.704. The number of para-hydroxylation sites is 1. The number of hydrogen-bond donors (Lipinski definition) is 1. The minimum atomic E-state index is 0.662. The van der Waals surface area contributed by atoms with Gasteiger partial charge in [-0.1, -0.05) is 18.2 Å². The molecule has 0 unspecified atom stereocenters. The van der Waals surface area contributed by atoms with Gasteiger partial charge in [0.15, 0.2) is 11.1 Å². The molecule has 0 saturated heterocycles. The van der Waals surface area contributed by atoms with Crippen LogP contribution in [0.3, 0.4) is 0 Å². The van der Waals surface area contributed by atoms with Crippen molar-refractivity contribution in [1.82, 2.24) is 19.5 Å². The van der Waals surface area contributed by atoms with Crippen molar-refractivity contribution >= 4 is 16.9 Å². The predicted molar refractivity (Wildman–Crippen MR) is 69.3 cm³/mol. The molecule has 90 valence electrons. The van der Waals surface area contributed by atoms with Crippen LogP contribution >= 0.6 is 0 Å². The summed E-state index contributed by atoms with van der Waals surface area (Å²) in [6, 6.07) is 9.77. The van der Waals surface area contributed by atoms with Crippen molar-refractivity contribution in [2.24, 2.45) is 12.0 Å². The standard InChI is InChI=1S/C13H13N5/c1-9-15-11-12(14-8-18(2)13(11)16-9)17-10-6-4-3-5-7-10/h3-8H,1-2H3,(H,15,16). The lowest BCUT2D eigenvalue weighted by molar-refractivity contribution is 0.880. The Hall–Kier alpha value is -2.43. The number of rotatable bonds is 1. The Morgan fingerprint density at radius 1 is 1.22 bits per heavy atom. The molecule has 5 nitrogen and oxygen atoms in total. The van der Waals surface area contributed by atoms with Crippen molar-refractivity contribution in [2.75, 3.05) is 0 Å². The summed E-state index contributed by atoms with van der Waals surface area (Å²) in [5.41, 5.74) is 3.26. The maximum Gasteiger partial charge on any atom is 0.181 e. The molecule has 0 aliphatic rings. The molecule has 0 aliphatic carbocycles. The van der Waals surface area contributed by atoms with Crippen molar-refractivity contribution in [3.8, 4) is 0 Å². The van der Waals surface area contributed by atoms with Crippen molar-refractivity contribution in [3.63, 3.8) is 0 Å². The van der Waals surface area contributed by atoms with Crippen LogP contribution in [0.5, 0.6) is 0 Å². The fourth-order valence-electron chi connectivity index (χ4n) is 1.86. The van der Waals surface area contributed by atoms with E-state index in [0.717, 1.165) is 22.7 Å². The zero-order valence-corrected chi connectivity index (χ0v) is 10.3. The highest BCUT2D eigenvalue weighted by atomic mass is 15.1. The molecule has 3 aromatic rings. The minimum Gasteiger partial charge on any atom is -0.338 e. The summed E-state index contributed by atoms with van der Waals surface area (Å²) in [7, 11) is 1.92. The molecule has 0 fully saturated rings. The molecule has 0 bridgehead atoms. The van der Waals surface area contributed by atoms with E-state index in [4.69, 9.17) is 0 Å². The van der Waals surface area contributed by atoms with Gasteiger partial charge in [0.25, 0.3) is 0 Å². The minimum absolute atomic E-state index is 0.662. The Morgan fingerprint density at radius 2 is 2.00 bits per heavy atom. The molecule has 5 heteroatoms. The summed E-state index contributed by atoms with van der Waals surface area (Å²) < 4.78 is 1.88. The van der Waals surface area contributed by atoms with Gasteiger partial charge in [0, 0.05) is 7.05 Å². The molecule has 3 rings (SSSR count). The highest BCUT2D eigenvalue weighted by Crippen LogP contribution is 2.10. The lowest BCUT2D eigenvalue weighted by atomic mass is 10.3. The number of benzene rings is 1. The molecule has 0 spiro atoms. The number of nitrogens with one attached hydrogen (secondary N) is 1. The third-order valence-corrected chi connectivity index (χ3v) is 2.71. The van der Waals surface area contributed by atoms with Gasteiger partial charge < -0.3 is 9.55 Å². The number of aromatic nitrogens is 4. The highest BCUT2D eigenvalue weighted by molar-refractivity contribution is 5.69. The molecule has 0 atom stereocenters. The van der Waals surface area contributed by atoms with Gasteiger partial charge in [0.05, 0.1) is 12.0 Å². The fourth-order valence-corrected chi connectivity index (χ4v) is 1.86. The van der Waals surface area contributed by atoms with Crippen LogP contribution in [0.4, 0.5) is 5.69 Å². The van der Waals surface area contributed by atoms with E-state index in [0.29, 0.717) is 5.49 Å². The SMILES string of the molecule is Cc1nc2c([nH]1)c(=Nc1ccccc1)ncn2C. The summed E-state index contributed by atoms with van der Waals surface area (Å²) in [6.45, 7) is 1.92. The van der Waals surface area contributed by atoms with Gasteiger partial charge in [-0.25, -0.2) is 15.0 Å². The van der Waals surface area contributed by atoms with E-state index in [-0.39, 0.29) is 0 Å². The molecule has 0 radical (unpaired) electrons. The van der Waals surface area contributed by atoms with E-state index in [1.807, 2.05) is 48.9 Å². The number of imidazole rings is 1. The van der Waals surface area contributed by atoms with Crippen LogP contribution in [-0.2, 0) is 7.05 Å². The zero-order valence-electron chi connectivity index (χ0n) is 10.3. The Balaban J connectivity index is 2.30. The van der Waals surface area contributed by atoms with E-state index in [1.54, 1.807) is 6.33 Å². The number of fused-ring (bicyclic) bond motifs is 1. The smallest absolute Gasteiger partial charge is 0.181 e. The summed E-state index contributed by atoms with van der Waals surface area (Å²) >= 11 is 0. The largest absolute Gasteiger partial charge is 0.338 e. The first-order valence-electron chi connectivity index (χ1n) is 5.72. The molecular weight excluding hydrogens is 226 g/mol. The van der Waals surface area contributed by atoms with Gasteiger partial charge >= 0.3 is 0 Å². The van der Waals surface area contributed by atoms with E-state index < -0.39 is 0 Å². The second-order valence-corrected chi connectivity index (χ2v) is 4.15. The Kier molecular flexibility index (Phi) is 2.44. The molecular formula is C13H13N5. The third kappa shape index (κ3) is 1.79. The fraction of sp³-hybridized carbons (Fsp3) is 0.154. The van der Waals surface area contributed by atoms with Gasteiger partial charge in [0.1, 0.15) is 11.3 Å². The summed E-state index contributed by atoms with van der Waals surface area (Å²) in [6.07, 6.45) is 1.73. The van der Waals surface area contributed by atoms with Crippen LogP contribution in [-0.4, -0.2) is 19.5 Å². The Labute approximate surface area is 104 Å². The normalized spacial score (nSPS) is 12.2. The average molecular weight is 239 g/mol. The van der Waals surface area contributed by atoms with Crippen molar-refractivity contribution in [2.45, 2.75) is 6.92 Å². The Morgan fingerprint density at radius 3 is 2.78 bits per heavy atom. The van der Waals surface area contributed by atoms with E-state index >= 15 is 0 Å². The number of hydrogen-bond acceptors (Lipinski definition) is 3. The van der Waals surface area contributed by atoms with E-state index in [1.165, 1.54) is 0 Å². The highest BCUT2D eigenvalue weighted by Gasteiger charge is 2.04. The second-order valence-electron chi connectivity index (χ2n) is 4.15. The van der Waals surface area contributed by atoms with Crippen LogP contribution in [0.15, 0.2) is 41.7 Å². The van der Waals surface area contributed by atoms with Crippen LogP contribution in [0.2, 0.25) is 0 Å². The molecule has 1 aromatic carbocycles. The molecule has 2 heterocycles. The van der Waals surface area contributed by atoms with Crippen LogP contribution in [0.1, 0.15) is 5.82 Å². The van der Waals surface area contributed by atoms with Crippen LogP contribution < -0.4 is 5.49 Å². The third-order valence-electron chi connectivity index (χ3n) is 2.71. The van der Waals surface area contributed by atoms with Crippen LogP contribution in [0, 0.1) is 6.92 Å². The van der Waals surface area contributed by atoms with Gasteiger partial charge in [-0.15, -0.1) is 0 Å². The maximum absolute atomic E-state index is 4.53. The summed E-state index contributed by atoms with van der Waals surface area (Å²) in [5.74, 6) is 0.859. The molecule has 18 heavy (non-hydrogen) atoms. The summed E-state index contributed by atoms with van der Waals surface area (Å²) in [4.78, 5) is 16.5. The second kappa shape index (κ2) is 4.10. The van der Waals surface area contributed by atoms with E-state index in [2.05, 4.69) is 19.9 Å². The van der Waals surface area contributed by atoms with Gasteiger partial charge in [-0.3, -0.25) is 0 Å².